The molecule has 0 radical (unpaired) electrons. The molecule has 1 aromatic heterocycles. The quantitative estimate of drug-likeness (QED) is 0.843. The summed E-state index contributed by atoms with van der Waals surface area (Å²) in [6.07, 6.45) is 13.5. The van der Waals surface area contributed by atoms with Crippen molar-refractivity contribution < 1.29 is 0 Å². The molecule has 2 nitrogen and oxygen atoms in total. The Bertz CT molecular complexity index is 304. The van der Waals surface area contributed by atoms with Gasteiger partial charge in [0.2, 0.25) is 0 Å². The fraction of sp³-hybridized carbons (Fsp3) is 0.667. The van der Waals surface area contributed by atoms with Crippen molar-refractivity contribution in [3.63, 3.8) is 0 Å². The van der Waals surface area contributed by atoms with E-state index in [1.54, 1.807) is 0 Å². The van der Waals surface area contributed by atoms with Gasteiger partial charge in [0.25, 0.3) is 0 Å². The fourth-order valence-electron chi connectivity index (χ4n) is 2.93. The second-order valence-corrected chi connectivity index (χ2v) is 5.29. The van der Waals surface area contributed by atoms with E-state index >= 15 is 0 Å². The molecule has 2 heteroatoms. The lowest BCUT2D eigenvalue weighted by Gasteiger charge is -2.26. The van der Waals surface area contributed by atoms with Crippen LogP contribution in [0, 0.1) is 5.92 Å². The normalized spacial score (nSPS) is 19.1. The Kier molecular flexibility index (Phi) is 4.99. The van der Waals surface area contributed by atoms with Gasteiger partial charge in [-0.3, -0.25) is 4.98 Å². The van der Waals surface area contributed by atoms with Crippen LogP contribution in [0.4, 0.5) is 0 Å². The summed E-state index contributed by atoms with van der Waals surface area (Å²) < 4.78 is 0. The zero-order chi connectivity index (χ0) is 11.9. The van der Waals surface area contributed by atoms with E-state index in [9.17, 15) is 0 Å². The van der Waals surface area contributed by atoms with E-state index in [4.69, 9.17) is 0 Å². The lowest BCUT2D eigenvalue weighted by molar-refractivity contribution is 0.302. The van der Waals surface area contributed by atoms with E-state index < -0.39 is 0 Å². The Hall–Kier alpha value is -0.890. The van der Waals surface area contributed by atoms with Crippen LogP contribution in [0.5, 0.6) is 0 Å². The van der Waals surface area contributed by atoms with Gasteiger partial charge in [0.05, 0.1) is 0 Å². The molecule has 0 bridgehead atoms. The minimum atomic E-state index is 0.613. The molecule has 1 unspecified atom stereocenters. The second kappa shape index (κ2) is 6.75. The second-order valence-electron chi connectivity index (χ2n) is 5.29. The monoisotopic (exact) mass is 232 g/mol. The average Bonchev–Trinajstić information content (AvgIpc) is 2.40. The van der Waals surface area contributed by atoms with E-state index in [1.807, 2.05) is 18.5 Å². The summed E-state index contributed by atoms with van der Waals surface area (Å²) in [7, 11) is 2.09. The summed E-state index contributed by atoms with van der Waals surface area (Å²) in [6.45, 7) is 0. The number of rotatable bonds is 5. The molecule has 0 spiro atoms. The van der Waals surface area contributed by atoms with Crippen LogP contribution in [0.15, 0.2) is 24.5 Å². The topological polar surface area (TPSA) is 24.9 Å². The summed E-state index contributed by atoms with van der Waals surface area (Å²) in [6, 6.07) is 4.82. The lowest BCUT2D eigenvalue weighted by atomic mass is 9.84. The first-order valence-electron chi connectivity index (χ1n) is 6.94. The van der Waals surface area contributed by atoms with E-state index in [2.05, 4.69) is 23.4 Å². The summed E-state index contributed by atoms with van der Waals surface area (Å²) in [5.74, 6) is 0.942. The van der Waals surface area contributed by atoms with Gasteiger partial charge in [-0.25, -0.2) is 0 Å². The molecule has 1 aromatic rings. The molecule has 0 aliphatic heterocycles. The van der Waals surface area contributed by atoms with E-state index in [1.165, 1.54) is 44.1 Å². The smallest absolute Gasteiger partial charge is 0.0300 e. The molecule has 17 heavy (non-hydrogen) atoms. The lowest BCUT2D eigenvalue weighted by Crippen LogP contribution is -2.30. The molecular formula is C15H24N2. The molecular weight excluding hydrogens is 208 g/mol. The first-order chi connectivity index (χ1) is 8.38. The van der Waals surface area contributed by atoms with Gasteiger partial charge in [-0.1, -0.05) is 38.2 Å². The Morgan fingerprint density at radius 1 is 1.35 bits per heavy atom. The van der Waals surface area contributed by atoms with Crippen LogP contribution in [0.2, 0.25) is 0 Å². The highest BCUT2D eigenvalue weighted by molar-refractivity contribution is 5.10. The first kappa shape index (κ1) is 12.6. The Balaban J connectivity index is 1.83. The van der Waals surface area contributed by atoms with Crippen molar-refractivity contribution in [2.24, 2.45) is 5.92 Å². The number of nitrogens with zero attached hydrogens (tertiary/aromatic N) is 1. The molecule has 0 saturated heterocycles. The molecule has 94 valence electrons. The van der Waals surface area contributed by atoms with Crippen LogP contribution in [0.25, 0.3) is 0 Å². The van der Waals surface area contributed by atoms with Crippen molar-refractivity contribution in [1.29, 1.82) is 0 Å². The Labute approximate surface area is 105 Å². The van der Waals surface area contributed by atoms with Gasteiger partial charge < -0.3 is 5.32 Å². The number of pyridine rings is 1. The number of hydrogen-bond acceptors (Lipinski definition) is 2. The molecule has 0 amide bonds. The molecule has 1 saturated carbocycles. The minimum absolute atomic E-state index is 0.613. The molecule has 1 aliphatic carbocycles. The number of hydrogen-bond donors (Lipinski definition) is 1. The van der Waals surface area contributed by atoms with Crippen LogP contribution < -0.4 is 5.32 Å². The van der Waals surface area contributed by atoms with E-state index in [0.717, 1.165) is 12.3 Å². The predicted molar refractivity (Wildman–Crippen MR) is 72.0 cm³/mol. The molecule has 1 fully saturated rings. The maximum absolute atomic E-state index is 4.19. The van der Waals surface area contributed by atoms with Crippen molar-refractivity contribution in [2.75, 3.05) is 7.05 Å². The molecule has 1 heterocycles. The van der Waals surface area contributed by atoms with Crippen LogP contribution in [0.3, 0.4) is 0 Å². The zero-order valence-electron chi connectivity index (χ0n) is 10.9. The highest BCUT2D eigenvalue weighted by Crippen LogP contribution is 2.27. The Morgan fingerprint density at radius 3 is 2.82 bits per heavy atom. The number of likely N-dealkylation sites (N-methyl/N-ethyl adjacent to an activating group) is 1. The van der Waals surface area contributed by atoms with Crippen LogP contribution in [-0.4, -0.2) is 18.1 Å². The summed E-state index contributed by atoms with van der Waals surface area (Å²) in [4.78, 5) is 4.19. The van der Waals surface area contributed by atoms with Crippen molar-refractivity contribution in [3.8, 4) is 0 Å². The summed E-state index contributed by atoms with van der Waals surface area (Å²) in [5, 5.41) is 3.47. The molecule has 1 N–H and O–H groups in total. The molecule has 1 atom stereocenters. The minimum Gasteiger partial charge on any atom is -0.317 e. The predicted octanol–water partition coefficient (Wildman–Crippen LogP) is 3.18. The molecule has 1 aliphatic rings. The van der Waals surface area contributed by atoms with E-state index in [-0.39, 0.29) is 0 Å². The van der Waals surface area contributed by atoms with Gasteiger partial charge >= 0.3 is 0 Å². The highest BCUT2D eigenvalue weighted by atomic mass is 14.9. The van der Waals surface area contributed by atoms with Crippen molar-refractivity contribution in [3.05, 3.63) is 30.1 Å². The molecule has 2 rings (SSSR count). The van der Waals surface area contributed by atoms with Crippen molar-refractivity contribution in [2.45, 2.75) is 51.0 Å². The summed E-state index contributed by atoms with van der Waals surface area (Å²) in [5.41, 5.74) is 1.35. The van der Waals surface area contributed by atoms with Crippen LogP contribution >= 0.6 is 0 Å². The fourth-order valence-corrected chi connectivity index (χ4v) is 2.93. The van der Waals surface area contributed by atoms with Crippen LogP contribution in [0.1, 0.15) is 44.1 Å². The highest BCUT2D eigenvalue weighted by Gasteiger charge is 2.18. The number of aromatic nitrogens is 1. The third-order valence-electron chi connectivity index (χ3n) is 3.96. The van der Waals surface area contributed by atoms with Gasteiger partial charge in [0.1, 0.15) is 0 Å². The third kappa shape index (κ3) is 4.12. The van der Waals surface area contributed by atoms with Crippen molar-refractivity contribution >= 4 is 0 Å². The number of nitrogens with one attached hydrogen (secondary N) is 1. The van der Waals surface area contributed by atoms with Gasteiger partial charge in [0.15, 0.2) is 0 Å². The van der Waals surface area contributed by atoms with E-state index in [0.29, 0.717) is 6.04 Å². The molecule has 0 aromatic carbocycles. The average molecular weight is 232 g/mol. The first-order valence-corrected chi connectivity index (χ1v) is 6.94. The maximum atomic E-state index is 4.19. The standard InChI is InChI=1S/C15H24N2/c1-16-15(10-13-6-3-2-4-7-13)11-14-8-5-9-17-12-14/h5,8-9,12-13,15-16H,2-4,6-7,10-11H2,1H3. The van der Waals surface area contributed by atoms with Crippen LogP contribution in [-0.2, 0) is 6.42 Å². The SMILES string of the molecule is CNC(Cc1cccnc1)CC1CCCCC1. The Morgan fingerprint density at radius 2 is 2.18 bits per heavy atom. The zero-order valence-corrected chi connectivity index (χ0v) is 10.9. The third-order valence-corrected chi connectivity index (χ3v) is 3.96. The van der Waals surface area contributed by atoms with Crippen molar-refractivity contribution in [1.82, 2.24) is 10.3 Å². The largest absolute Gasteiger partial charge is 0.317 e. The van der Waals surface area contributed by atoms with Gasteiger partial charge in [-0.05, 0) is 37.4 Å². The van der Waals surface area contributed by atoms with Gasteiger partial charge in [-0.2, -0.15) is 0 Å². The summed E-state index contributed by atoms with van der Waals surface area (Å²) >= 11 is 0. The van der Waals surface area contributed by atoms with Gasteiger partial charge in [0, 0.05) is 18.4 Å². The maximum Gasteiger partial charge on any atom is 0.0300 e. The van der Waals surface area contributed by atoms with Gasteiger partial charge in [-0.15, -0.1) is 0 Å².